The highest BCUT2D eigenvalue weighted by molar-refractivity contribution is 6.12. The first kappa shape index (κ1) is 28.2. The third kappa shape index (κ3) is 4.50. The molecule has 9 aromatic rings. The van der Waals surface area contributed by atoms with E-state index in [0.29, 0.717) is 17.6 Å². The molecule has 230 valence electrons. The van der Waals surface area contributed by atoms with Crippen LogP contribution in [0.15, 0.2) is 146 Å². The molecular weight excluding hydrogens is 587 g/mol. The molecule has 48 heavy (non-hydrogen) atoms. The van der Waals surface area contributed by atoms with Crippen LogP contribution in [0.5, 0.6) is 0 Å². The van der Waals surface area contributed by atoms with Gasteiger partial charge in [-0.25, -0.2) is 4.98 Å². The largest absolute Gasteiger partial charge is 0.335 e. The van der Waals surface area contributed by atoms with E-state index in [1.165, 1.54) is 32.9 Å². The van der Waals surface area contributed by atoms with Crippen LogP contribution in [0, 0.1) is 0 Å². The molecule has 9 rings (SSSR count). The fourth-order valence-corrected chi connectivity index (χ4v) is 7.14. The van der Waals surface area contributed by atoms with Gasteiger partial charge in [0.15, 0.2) is 11.6 Å². The van der Waals surface area contributed by atoms with Gasteiger partial charge in [0, 0.05) is 43.7 Å². The first-order valence-corrected chi connectivity index (χ1v) is 16.4. The number of fused-ring (bicyclic) bond motifs is 6. The number of hydrogen-bond acceptors (Lipinski definition) is 3. The summed E-state index contributed by atoms with van der Waals surface area (Å²) in [7, 11) is 0. The summed E-state index contributed by atoms with van der Waals surface area (Å²) in [6.45, 7) is 6.83. The Morgan fingerprint density at radius 1 is 0.396 bits per heavy atom. The van der Waals surface area contributed by atoms with E-state index in [2.05, 4.69) is 115 Å². The maximum atomic E-state index is 5.08. The number of aromatic nitrogens is 5. The number of hydrogen-bond donors (Lipinski definition) is 0. The van der Waals surface area contributed by atoms with E-state index in [1.807, 2.05) is 60.7 Å². The van der Waals surface area contributed by atoms with Crippen LogP contribution < -0.4 is 0 Å². The second-order valence-electron chi connectivity index (χ2n) is 13.4. The molecule has 0 radical (unpaired) electrons. The van der Waals surface area contributed by atoms with E-state index in [4.69, 9.17) is 15.0 Å². The number of nitrogens with zero attached hydrogens (tertiary/aromatic N) is 5. The van der Waals surface area contributed by atoms with Crippen molar-refractivity contribution in [3.8, 4) is 39.9 Å². The minimum absolute atomic E-state index is 0.0703. The fourth-order valence-electron chi connectivity index (χ4n) is 7.14. The Labute approximate surface area is 278 Å². The number of benzene rings is 6. The maximum Gasteiger partial charge on any atom is 0.238 e. The van der Waals surface area contributed by atoms with Crippen LogP contribution in [0.3, 0.4) is 0 Å². The summed E-state index contributed by atoms with van der Waals surface area (Å²) in [6.07, 6.45) is 0. The van der Waals surface area contributed by atoms with Crippen molar-refractivity contribution in [1.29, 1.82) is 0 Å². The summed E-state index contributed by atoms with van der Waals surface area (Å²) >= 11 is 0. The van der Waals surface area contributed by atoms with Gasteiger partial charge in [-0.05, 0) is 62.2 Å². The molecule has 0 saturated heterocycles. The third-order valence-corrected chi connectivity index (χ3v) is 9.24. The highest BCUT2D eigenvalue weighted by Crippen LogP contribution is 2.39. The van der Waals surface area contributed by atoms with Crippen molar-refractivity contribution >= 4 is 43.6 Å². The number of para-hydroxylation sites is 2. The van der Waals surface area contributed by atoms with E-state index >= 15 is 0 Å². The van der Waals surface area contributed by atoms with Crippen molar-refractivity contribution in [2.45, 2.75) is 26.3 Å². The van der Waals surface area contributed by atoms with Gasteiger partial charge in [0.2, 0.25) is 5.95 Å². The Kier molecular flexibility index (Phi) is 6.31. The number of rotatable bonds is 4. The van der Waals surface area contributed by atoms with Crippen molar-refractivity contribution in [2.75, 3.05) is 0 Å². The van der Waals surface area contributed by atoms with Crippen molar-refractivity contribution < 1.29 is 0 Å². The van der Waals surface area contributed by atoms with Crippen LogP contribution in [0.2, 0.25) is 0 Å². The molecule has 0 saturated carbocycles. The van der Waals surface area contributed by atoms with Gasteiger partial charge in [-0.2, -0.15) is 9.97 Å². The van der Waals surface area contributed by atoms with Crippen LogP contribution >= 0.6 is 0 Å². The van der Waals surface area contributed by atoms with Crippen LogP contribution in [-0.4, -0.2) is 24.1 Å². The van der Waals surface area contributed by atoms with Gasteiger partial charge in [-0.15, -0.1) is 0 Å². The highest BCUT2D eigenvalue weighted by atomic mass is 15.2. The predicted octanol–water partition coefficient (Wildman–Crippen LogP) is 10.8. The molecule has 0 aliphatic rings. The van der Waals surface area contributed by atoms with Gasteiger partial charge in [0.25, 0.3) is 0 Å². The summed E-state index contributed by atoms with van der Waals surface area (Å²) < 4.78 is 4.65. The molecule has 0 amide bonds. The van der Waals surface area contributed by atoms with Gasteiger partial charge in [-0.3, -0.25) is 4.57 Å². The molecule has 5 nitrogen and oxygen atoms in total. The average molecular weight is 620 g/mol. The molecular formula is C43H33N5. The van der Waals surface area contributed by atoms with Gasteiger partial charge in [0.1, 0.15) is 0 Å². The first-order valence-electron chi connectivity index (χ1n) is 16.4. The van der Waals surface area contributed by atoms with Crippen LogP contribution in [0.1, 0.15) is 20.8 Å². The molecule has 0 fully saturated rings. The van der Waals surface area contributed by atoms with E-state index < -0.39 is 0 Å². The quantitative estimate of drug-likeness (QED) is 0.197. The lowest BCUT2D eigenvalue weighted by Crippen LogP contribution is -2.21. The van der Waals surface area contributed by atoms with Crippen molar-refractivity contribution in [3.05, 3.63) is 146 Å². The Morgan fingerprint density at radius 2 is 0.896 bits per heavy atom. The standard InChI is InChI=1S/C43H33N5/c1-43(2,3)48-38-21-13-11-18-32(38)34-24-22-31(27-39(34)48)30-23-25-37-35(26-30)33-19-10-12-20-36(33)47(37)42-45-40(28-14-6-4-7-15-28)44-41(46-42)29-16-8-5-9-17-29/h4-27H,1-3H3. The summed E-state index contributed by atoms with van der Waals surface area (Å²) in [4.78, 5) is 15.1. The molecule has 5 heteroatoms. The smallest absolute Gasteiger partial charge is 0.238 e. The highest BCUT2D eigenvalue weighted by Gasteiger charge is 2.22. The van der Waals surface area contributed by atoms with E-state index in [1.54, 1.807) is 0 Å². The van der Waals surface area contributed by atoms with Gasteiger partial charge < -0.3 is 4.57 Å². The monoisotopic (exact) mass is 619 g/mol. The Balaban J connectivity index is 1.26. The molecule has 6 aromatic carbocycles. The van der Waals surface area contributed by atoms with Crippen molar-refractivity contribution in [2.24, 2.45) is 0 Å². The normalized spacial score (nSPS) is 12.1. The predicted molar refractivity (Wildman–Crippen MR) is 198 cm³/mol. The Morgan fingerprint density at radius 3 is 1.54 bits per heavy atom. The summed E-state index contributed by atoms with van der Waals surface area (Å²) in [5.74, 6) is 1.88. The van der Waals surface area contributed by atoms with Crippen LogP contribution in [-0.2, 0) is 5.54 Å². The van der Waals surface area contributed by atoms with Gasteiger partial charge >= 0.3 is 0 Å². The molecule has 0 unspecified atom stereocenters. The summed E-state index contributed by atoms with van der Waals surface area (Å²) in [5.41, 5.74) is 8.80. The molecule has 3 heterocycles. The fraction of sp³-hybridized carbons (Fsp3) is 0.0930. The lowest BCUT2D eigenvalue weighted by Gasteiger charge is -2.24. The second-order valence-corrected chi connectivity index (χ2v) is 13.4. The zero-order valence-electron chi connectivity index (χ0n) is 27.1. The average Bonchev–Trinajstić information content (AvgIpc) is 3.64. The Hall–Kier alpha value is -6.07. The van der Waals surface area contributed by atoms with Gasteiger partial charge in [-0.1, -0.05) is 115 Å². The summed E-state index contributed by atoms with van der Waals surface area (Å²) in [5, 5.41) is 4.87. The minimum Gasteiger partial charge on any atom is -0.335 e. The van der Waals surface area contributed by atoms with Crippen molar-refractivity contribution in [1.82, 2.24) is 24.1 Å². The molecule has 0 N–H and O–H groups in total. The summed E-state index contributed by atoms with van der Waals surface area (Å²) in [6, 6.07) is 51.1. The van der Waals surface area contributed by atoms with Crippen molar-refractivity contribution in [3.63, 3.8) is 0 Å². The molecule has 0 aliphatic carbocycles. The zero-order chi connectivity index (χ0) is 32.4. The third-order valence-electron chi connectivity index (χ3n) is 9.24. The van der Waals surface area contributed by atoms with E-state index in [0.717, 1.165) is 32.9 Å². The van der Waals surface area contributed by atoms with Crippen LogP contribution in [0.4, 0.5) is 0 Å². The maximum absolute atomic E-state index is 5.08. The van der Waals surface area contributed by atoms with Crippen LogP contribution in [0.25, 0.3) is 83.5 Å². The lowest BCUT2D eigenvalue weighted by molar-refractivity contribution is 0.423. The van der Waals surface area contributed by atoms with E-state index in [-0.39, 0.29) is 5.54 Å². The molecule has 0 bridgehead atoms. The SMILES string of the molecule is CC(C)(C)n1c2ccccc2c2ccc(-c3ccc4c(c3)c3ccccc3n4-c3nc(-c4ccccc4)nc(-c4ccccc4)n3)cc21. The van der Waals surface area contributed by atoms with Gasteiger partial charge in [0.05, 0.1) is 16.6 Å². The topological polar surface area (TPSA) is 48.5 Å². The molecule has 0 atom stereocenters. The second kappa shape index (κ2) is 10.7. The molecule has 0 spiro atoms. The lowest BCUT2D eigenvalue weighted by atomic mass is 10.0. The minimum atomic E-state index is -0.0703. The Bertz CT molecular complexity index is 2580. The zero-order valence-corrected chi connectivity index (χ0v) is 27.1. The first-order chi connectivity index (χ1) is 23.4. The molecule has 3 aromatic heterocycles. The van der Waals surface area contributed by atoms with E-state index in [9.17, 15) is 0 Å². The molecule has 0 aliphatic heterocycles.